The largest absolute Gasteiger partial charge is 0.507 e. The first-order chi connectivity index (χ1) is 10.9. The molecule has 1 aliphatic heterocycles. The van der Waals surface area contributed by atoms with Crippen LogP contribution in [-0.2, 0) is 16.0 Å². The molecule has 1 aromatic rings. The summed E-state index contributed by atoms with van der Waals surface area (Å²) in [4.78, 5) is 12.2. The van der Waals surface area contributed by atoms with Gasteiger partial charge in [0.15, 0.2) is 6.10 Å². The molecule has 2 aliphatic rings. The Morgan fingerprint density at radius 1 is 1.26 bits per heavy atom. The minimum Gasteiger partial charge on any atom is -0.507 e. The average molecular weight is 318 g/mol. The molecule has 1 aliphatic carbocycles. The van der Waals surface area contributed by atoms with E-state index in [0.717, 1.165) is 42.4 Å². The lowest BCUT2D eigenvalue weighted by atomic mass is 9.94. The van der Waals surface area contributed by atoms with Gasteiger partial charge in [-0.05, 0) is 24.3 Å². The molecule has 0 bridgehead atoms. The van der Waals surface area contributed by atoms with Crippen molar-refractivity contribution in [1.29, 1.82) is 0 Å². The molecule has 1 N–H and O–H groups in total. The number of likely N-dealkylation sites (N-methyl/N-ethyl adjacent to an activating group) is 1. The van der Waals surface area contributed by atoms with Crippen LogP contribution >= 0.6 is 0 Å². The van der Waals surface area contributed by atoms with Crippen molar-refractivity contribution in [2.75, 3.05) is 27.2 Å². The lowest BCUT2D eigenvalue weighted by Crippen LogP contribution is -2.38. The number of ether oxygens (including phenoxy) is 1. The number of likely N-dealkylation sites (tertiary alicyclic amines) is 1. The minimum atomic E-state index is -0.226. The molecule has 4 heteroatoms. The van der Waals surface area contributed by atoms with Gasteiger partial charge in [-0.3, -0.25) is 4.79 Å². The van der Waals surface area contributed by atoms with Gasteiger partial charge in [0.1, 0.15) is 12.3 Å². The van der Waals surface area contributed by atoms with Crippen molar-refractivity contribution in [3.8, 4) is 5.75 Å². The Labute approximate surface area is 138 Å². The summed E-state index contributed by atoms with van der Waals surface area (Å²) < 4.78 is 6.51. The maximum Gasteiger partial charge on any atom is 0.310 e. The van der Waals surface area contributed by atoms with Crippen LogP contribution in [0.2, 0.25) is 0 Å². The van der Waals surface area contributed by atoms with Gasteiger partial charge in [-0.2, -0.15) is 0 Å². The number of phenols is 1. The lowest BCUT2D eigenvalue weighted by molar-refractivity contribution is -0.879. The van der Waals surface area contributed by atoms with Crippen molar-refractivity contribution in [2.45, 2.75) is 50.5 Å². The van der Waals surface area contributed by atoms with Crippen LogP contribution in [0.5, 0.6) is 5.75 Å². The van der Waals surface area contributed by atoms with Crippen LogP contribution in [0.1, 0.15) is 49.1 Å². The van der Waals surface area contributed by atoms with E-state index in [1.54, 1.807) is 0 Å². The summed E-state index contributed by atoms with van der Waals surface area (Å²) in [7, 11) is 4.31. The van der Waals surface area contributed by atoms with Crippen LogP contribution in [0.3, 0.4) is 0 Å². The van der Waals surface area contributed by atoms with Gasteiger partial charge in [-0.15, -0.1) is 0 Å². The number of hydrogen-bond donors (Lipinski definition) is 1. The fourth-order valence-electron chi connectivity index (χ4n) is 4.03. The molecular formula is C19H28NO3+. The smallest absolute Gasteiger partial charge is 0.310 e. The van der Waals surface area contributed by atoms with Crippen LogP contribution in [0.15, 0.2) is 18.2 Å². The SMILES string of the molecule is C[N+]1(C)CC[C@@H](OC(=O)Cc2cccc(C3CCCC3)c2O)C1. The van der Waals surface area contributed by atoms with Gasteiger partial charge < -0.3 is 14.3 Å². The number of benzene rings is 1. The summed E-state index contributed by atoms with van der Waals surface area (Å²) in [6, 6.07) is 5.78. The summed E-state index contributed by atoms with van der Waals surface area (Å²) in [5.74, 6) is 0.522. The van der Waals surface area contributed by atoms with Gasteiger partial charge >= 0.3 is 5.97 Å². The first-order valence-corrected chi connectivity index (χ1v) is 8.77. The summed E-state index contributed by atoms with van der Waals surface area (Å²) in [5, 5.41) is 10.5. The Kier molecular flexibility index (Phi) is 4.62. The van der Waals surface area contributed by atoms with E-state index in [-0.39, 0.29) is 18.5 Å². The van der Waals surface area contributed by atoms with Crippen molar-refractivity contribution < 1.29 is 19.1 Å². The average Bonchev–Trinajstić information content (AvgIpc) is 3.11. The quantitative estimate of drug-likeness (QED) is 0.686. The monoisotopic (exact) mass is 318 g/mol. The van der Waals surface area contributed by atoms with Gasteiger partial charge in [0.05, 0.1) is 27.1 Å². The second kappa shape index (κ2) is 6.52. The Balaban J connectivity index is 1.63. The van der Waals surface area contributed by atoms with Crippen LogP contribution in [0, 0.1) is 0 Å². The Hall–Kier alpha value is -1.55. The minimum absolute atomic E-state index is 0.0117. The van der Waals surface area contributed by atoms with Crippen molar-refractivity contribution in [2.24, 2.45) is 0 Å². The van der Waals surface area contributed by atoms with Crippen LogP contribution in [0.25, 0.3) is 0 Å². The maximum absolute atomic E-state index is 12.2. The lowest BCUT2D eigenvalue weighted by Gasteiger charge is -2.23. The van der Waals surface area contributed by atoms with Gasteiger partial charge in [-0.1, -0.05) is 31.0 Å². The molecule has 1 aromatic carbocycles. The van der Waals surface area contributed by atoms with E-state index >= 15 is 0 Å². The van der Waals surface area contributed by atoms with E-state index in [9.17, 15) is 9.90 Å². The molecule has 4 nitrogen and oxygen atoms in total. The normalized spacial score (nSPS) is 24.0. The zero-order valence-electron chi connectivity index (χ0n) is 14.3. The number of carbonyl (C=O) groups excluding carboxylic acids is 1. The van der Waals surface area contributed by atoms with Gasteiger partial charge in [0.2, 0.25) is 0 Å². The molecule has 23 heavy (non-hydrogen) atoms. The van der Waals surface area contributed by atoms with Crippen LogP contribution in [0.4, 0.5) is 0 Å². The Morgan fingerprint density at radius 3 is 2.65 bits per heavy atom. The van der Waals surface area contributed by atoms with Crippen molar-refractivity contribution in [1.82, 2.24) is 0 Å². The molecule has 0 amide bonds. The third-order valence-electron chi connectivity index (χ3n) is 5.33. The topological polar surface area (TPSA) is 46.5 Å². The third-order valence-corrected chi connectivity index (χ3v) is 5.33. The number of quaternary nitrogens is 1. The second-order valence-corrected chi connectivity index (χ2v) is 7.76. The Bertz CT molecular complexity index is 576. The van der Waals surface area contributed by atoms with E-state index in [0.29, 0.717) is 17.2 Å². The summed E-state index contributed by atoms with van der Waals surface area (Å²) in [6.07, 6.45) is 5.83. The third kappa shape index (κ3) is 3.86. The van der Waals surface area contributed by atoms with E-state index in [1.807, 2.05) is 18.2 Å². The fraction of sp³-hybridized carbons (Fsp3) is 0.632. The first-order valence-electron chi connectivity index (χ1n) is 8.77. The summed E-state index contributed by atoms with van der Waals surface area (Å²) in [5.41, 5.74) is 1.71. The highest BCUT2D eigenvalue weighted by Crippen LogP contribution is 2.39. The molecule has 1 atom stereocenters. The molecule has 126 valence electrons. The molecule has 0 aromatic heterocycles. The maximum atomic E-state index is 12.2. The number of nitrogens with zero attached hydrogens (tertiary/aromatic N) is 1. The fourth-order valence-corrected chi connectivity index (χ4v) is 4.03. The summed E-state index contributed by atoms with van der Waals surface area (Å²) >= 11 is 0. The molecule has 2 fully saturated rings. The number of aromatic hydroxyl groups is 1. The van der Waals surface area contributed by atoms with Crippen LogP contribution < -0.4 is 0 Å². The standard InChI is InChI=1S/C19H27NO3/c1-20(2)11-10-16(13-20)23-18(21)12-15-8-5-9-17(19(15)22)14-6-3-4-7-14/h5,8-9,14,16H,3-4,6-7,10-13H2,1-2H3/p+1/t16-/m1/s1. The number of para-hydroxylation sites is 1. The molecule has 0 spiro atoms. The van der Waals surface area contributed by atoms with Gasteiger partial charge in [-0.25, -0.2) is 0 Å². The van der Waals surface area contributed by atoms with Gasteiger partial charge in [0.25, 0.3) is 0 Å². The predicted octanol–water partition coefficient (Wildman–Crippen LogP) is 2.98. The second-order valence-electron chi connectivity index (χ2n) is 7.76. The number of phenolic OH excluding ortho intramolecular Hbond substituents is 1. The summed E-state index contributed by atoms with van der Waals surface area (Å²) in [6.45, 7) is 1.92. The molecule has 0 radical (unpaired) electrons. The van der Waals surface area contributed by atoms with E-state index in [4.69, 9.17) is 4.74 Å². The highest BCUT2D eigenvalue weighted by atomic mass is 16.5. The zero-order valence-corrected chi connectivity index (χ0v) is 14.3. The molecule has 1 saturated heterocycles. The van der Waals surface area contributed by atoms with E-state index < -0.39 is 0 Å². The highest BCUT2D eigenvalue weighted by Gasteiger charge is 2.33. The predicted molar refractivity (Wildman–Crippen MR) is 89.4 cm³/mol. The van der Waals surface area contributed by atoms with Crippen LogP contribution in [-0.4, -0.2) is 48.8 Å². The molecular weight excluding hydrogens is 290 g/mol. The van der Waals surface area contributed by atoms with Crippen molar-refractivity contribution in [3.05, 3.63) is 29.3 Å². The van der Waals surface area contributed by atoms with E-state index in [1.165, 1.54) is 12.8 Å². The van der Waals surface area contributed by atoms with Crippen molar-refractivity contribution >= 4 is 5.97 Å². The number of rotatable bonds is 4. The molecule has 3 rings (SSSR count). The molecule has 1 saturated carbocycles. The van der Waals surface area contributed by atoms with E-state index in [2.05, 4.69) is 14.1 Å². The zero-order chi connectivity index (χ0) is 16.4. The van der Waals surface area contributed by atoms with Crippen molar-refractivity contribution in [3.63, 3.8) is 0 Å². The Morgan fingerprint density at radius 2 is 2.00 bits per heavy atom. The highest BCUT2D eigenvalue weighted by molar-refractivity contribution is 5.74. The number of carbonyl (C=O) groups is 1. The number of hydrogen-bond acceptors (Lipinski definition) is 3. The molecule has 0 unspecified atom stereocenters. The van der Waals surface area contributed by atoms with Gasteiger partial charge in [0, 0.05) is 12.0 Å². The first kappa shape index (κ1) is 16.3. The molecule has 1 heterocycles. The number of esters is 1.